The molecule has 5 heteroatoms. The molecule has 1 aromatic heterocycles. The summed E-state index contributed by atoms with van der Waals surface area (Å²) in [6.45, 7) is 12.0. The summed E-state index contributed by atoms with van der Waals surface area (Å²) in [5.74, 6) is 0. The Balaban J connectivity index is 2.18. The smallest absolute Gasteiger partial charge is 0.0767 e. The molecule has 20 heavy (non-hydrogen) atoms. The van der Waals surface area contributed by atoms with Crippen LogP contribution in [-0.2, 0) is 19.5 Å². The fourth-order valence-electron chi connectivity index (χ4n) is 2.99. The van der Waals surface area contributed by atoms with Gasteiger partial charge in [0.25, 0.3) is 0 Å². The third kappa shape index (κ3) is 3.43. The van der Waals surface area contributed by atoms with Gasteiger partial charge in [-0.3, -0.25) is 9.58 Å². The van der Waals surface area contributed by atoms with Crippen LogP contribution < -0.4 is 5.32 Å². The highest BCUT2D eigenvalue weighted by atomic mass is 79.9. The van der Waals surface area contributed by atoms with Gasteiger partial charge in [0.1, 0.15) is 0 Å². The van der Waals surface area contributed by atoms with Crippen LogP contribution in [0.1, 0.15) is 45.0 Å². The molecule has 0 bridgehead atoms. The Hall–Kier alpha value is -0.390. The molecule has 1 fully saturated rings. The standard InChI is InChI=1S/C15H27BrN4/c1-4-9-19(12-7-8-17-10-12)11-14-15(16)13(5-2)18-20(14)6-3/h12,17H,4-11H2,1-3H3. The van der Waals surface area contributed by atoms with E-state index in [1.807, 2.05) is 0 Å². The lowest BCUT2D eigenvalue weighted by Crippen LogP contribution is -2.37. The average Bonchev–Trinajstić information content (AvgIpc) is 3.07. The van der Waals surface area contributed by atoms with E-state index in [1.165, 1.54) is 28.7 Å². The number of aryl methyl sites for hydroxylation is 2. The van der Waals surface area contributed by atoms with Crippen LogP contribution in [0.2, 0.25) is 0 Å². The zero-order chi connectivity index (χ0) is 14.5. The van der Waals surface area contributed by atoms with Crippen LogP contribution in [-0.4, -0.2) is 40.4 Å². The van der Waals surface area contributed by atoms with E-state index in [4.69, 9.17) is 5.10 Å². The number of hydrogen-bond donors (Lipinski definition) is 1. The summed E-state index contributed by atoms with van der Waals surface area (Å²) >= 11 is 3.77. The number of hydrogen-bond acceptors (Lipinski definition) is 3. The van der Waals surface area contributed by atoms with Gasteiger partial charge in [-0.1, -0.05) is 13.8 Å². The van der Waals surface area contributed by atoms with Gasteiger partial charge in [-0.15, -0.1) is 0 Å². The Morgan fingerprint density at radius 2 is 2.20 bits per heavy atom. The summed E-state index contributed by atoms with van der Waals surface area (Å²) in [5, 5.41) is 8.19. The van der Waals surface area contributed by atoms with Crippen LogP contribution in [0.25, 0.3) is 0 Å². The fraction of sp³-hybridized carbons (Fsp3) is 0.800. The van der Waals surface area contributed by atoms with Gasteiger partial charge < -0.3 is 5.32 Å². The molecule has 1 N–H and O–H groups in total. The lowest BCUT2D eigenvalue weighted by Gasteiger charge is -2.28. The van der Waals surface area contributed by atoms with Crippen LogP contribution in [0.15, 0.2) is 4.47 Å². The van der Waals surface area contributed by atoms with Crippen LogP contribution in [0, 0.1) is 0 Å². The van der Waals surface area contributed by atoms with E-state index in [0.717, 1.165) is 39.1 Å². The molecule has 0 spiro atoms. The van der Waals surface area contributed by atoms with Crippen molar-refractivity contribution in [1.29, 1.82) is 0 Å². The van der Waals surface area contributed by atoms with Crippen LogP contribution >= 0.6 is 15.9 Å². The zero-order valence-corrected chi connectivity index (χ0v) is 14.5. The fourth-order valence-corrected chi connectivity index (χ4v) is 3.68. The number of halogens is 1. The summed E-state index contributed by atoms with van der Waals surface area (Å²) in [4.78, 5) is 2.62. The molecular formula is C15H27BrN4. The summed E-state index contributed by atoms with van der Waals surface area (Å²) < 4.78 is 3.38. The van der Waals surface area contributed by atoms with Crippen LogP contribution in [0.5, 0.6) is 0 Å². The van der Waals surface area contributed by atoms with E-state index in [-0.39, 0.29) is 0 Å². The summed E-state index contributed by atoms with van der Waals surface area (Å²) in [7, 11) is 0. The number of rotatable bonds is 7. The van der Waals surface area contributed by atoms with Crippen molar-refractivity contribution in [2.45, 2.75) is 59.2 Å². The van der Waals surface area contributed by atoms with Crippen molar-refractivity contribution in [3.63, 3.8) is 0 Å². The summed E-state index contributed by atoms with van der Waals surface area (Å²) in [6.07, 6.45) is 3.45. The second kappa shape index (κ2) is 7.57. The highest BCUT2D eigenvalue weighted by Gasteiger charge is 2.24. The van der Waals surface area contributed by atoms with Crippen molar-refractivity contribution in [3.05, 3.63) is 15.9 Å². The molecule has 1 atom stereocenters. The van der Waals surface area contributed by atoms with Gasteiger partial charge in [-0.25, -0.2) is 0 Å². The van der Waals surface area contributed by atoms with E-state index < -0.39 is 0 Å². The molecule has 0 saturated carbocycles. The van der Waals surface area contributed by atoms with E-state index >= 15 is 0 Å². The predicted molar refractivity (Wildman–Crippen MR) is 87.0 cm³/mol. The first-order valence-electron chi connectivity index (χ1n) is 7.90. The van der Waals surface area contributed by atoms with Crippen molar-refractivity contribution < 1.29 is 0 Å². The molecule has 0 radical (unpaired) electrons. The van der Waals surface area contributed by atoms with Gasteiger partial charge in [0.05, 0.1) is 15.9 Å². The normalized spacial score (nSPS) is 19.1. The molecule has 1 saturated heterocycles. The molecular weight excluding hydrogens is 316 g/mol. The number of aromatic nitrogens is 2. The lowest BCUT2D eigenvalue weighted by molar-refractivity contribution is 0.193. The Bertz CT molecular complexity index is 424. The quantitative estimate of drug-likeness (QED) is 0.827. The SMILES string of the molecule is CCCN(Cc1c(Br)c(CC)nn1CC)C1CCNC1. The van der Waals surface area contributed by atoms with Gasteiger partial charge in [0.2, 0.25) is 0 Å². The van der Waals surface area contributed by atoms with Crippen molar-refractivity contribution >= 4 is 15.9 Å². The van der Waals surface area contributed by atoms with Gasteiger partial charge in [0, 0.05) is 25.7 Å². The van der Waals surface area contributed by atoms with E-state index in [2.05, 4.69) is 51.6 Å². The zero-order valence-electron chi connectivity index (χ0n) is 13.0. The molecule has 0 aliphatic carbocycles. The van der Waals surface area contributed by atoms with E-state index in [1.54, 1.807) is 0 Å². The third-order valence-corrected chi connectivity index (χ3v) is 5.02. The molecule has 1 unspecified atom stereocenters. The molecule has 114 valence electrons. The Labute approximate surface area is 131 Å². The van der Waals surface area contributed by atoms with Gasteiger partial charge in [-0.05, 0) is 55.2 Å². The Kier molecular flexibility index (Phi) is 6.05. The predicted octanol–water partition coefficient (Wildman–Crippen LogP) is 2.80. The largest absolute Gasteiger partial charge is 0.315 e. The van der Waals surface area contributed by atoms with E-state index in [9.17, 15) is 0 Å². The molecule has 2 heterocycles. The minimum atomic E-state index is 0.673. The molecule has 4 nitrogen and oxygen atoms in total. The van der Waals surface area contributed by atoms with Gasteiger partial charge >= 0.3 is 0 Å². The summed E-state index contributed by atoms with van der Waals surface area (Å²) in [6, 6.07) is 0.673. The Morgan fingerprint density at radius 3 is 2.75 bits per heavy atom. The maximum Gasteiger partial charge on any atom is 0.0767 e. The highest BCUT2D eigenvalue weighted by molar-refractivity contribution is 9.10. The second-order valence-electron chi connectivity index (χ2n) is 5.49. The first kappa shape index (κ1) is 16.0. The van der Waals surface area contributed by atoms with Crippen molar-refractivity contribution in [2.75, 3.05) is 19.6 Å². The van der Waals surface area contributed by atoms with Gasteiger partial charge in [-0.2, -0.15) is 5.10 Å². The maximum absolute atomic E-state index is 4.71. The van der Waals surface area contributed by atoms with Crippen LogP contribution in [0.4, 0.5) is 0 Å². The van der Waals surface area contributed by atoms with Crippen molar-refractivity contribution in [1.82, 2.24) is 20.0 Å². The molecule has 0 aromatic carbocycles. The molecule has 1 aromatic rings. The highest BCUT2D eigenvalue weighted by Crippen LogP contribution is 2.25. The average molecular weight is 343 g/mol. The first-order chi connectivity index (χ1) is 9.71. The molecule has 2 rings (SSSR count). The minimum absolute atomic E-state index is 0.673. The Morgan fingerprint density at radius 1 is 1.40 bits per heavy atom. The summed E-state index contributed by atoms with van der Waals surface area (Å²) in [5.41, 5.74) is 2.52. The van der Waals surface area contributed by atoms with Crippen LogP contribution in [0.3, 0.4) is 0 Å². The van der Waals surface area contributed by atoms with E-state index in [0.29, 0.717) is 6.04 Å². The van der Waals surface area contributed by atoms with Crippen molar-refractivity contribution in [2.24, 2.45) is 0 Å². The molecule has 1 aliphatic heterocycles. The topological polar surface area (TPSA) is 33.1 Å². The molecule has 0 amide bonds. The van der Waals surface area contributed by atoms with Gasteiger partial charge in [0.15, 0.2) is 0 Å². The van der Waals surface area contributed by atoms with Crippen molar-refractivity contribution in [3.8, 4) is 0 Å². The lowest BCUT2D eigenvalue weighted by atomic mass is 10.2. The third-order valence-electron chi connectivity index (χ3n) is 4.11. The minimum Gasteiger partial charge on any atom is -0.315 e. The molecule has 1 aliphatic rings. The monoisotopic (exact) mass is 342 g/mol. The number of nitrogens with zero attached hydrogens (tertiary/aromatic N) is 3. The maximum atomic E-state index is 4.71. The second-order valence-corrected chi connectivity index (χ2v) is 6.29. The first-order valence-corrected chi connectivity index (χ1v) is 8.69. The number of nitrogens with one attached hydrogen (secondary N) is 1.